The molecule has 2 N–H and O–H groups in total. The maximum Gasteiger partial charge on any atom is 0.159 e. The maximum atomic E-state index is 8.96. The van der Waals surface area contributed by atoms with Crippen LogP contribution in [0.15, 0.2) is 18.3 Å². The van der Waals surface area contributed by atoms with Crippen LogP contribution in [0, 0.1) is 0 Å². The summed E-state index contributed by atoms with van der Waals surface area (Å²) in [5, 5.41) is 17.9. The molecular formula is C8H11NO2. The highest BCUT2D eigenvalue weighted by molar-refractivity contribution is 5.16. The van der Waals surface area contributed by atoms with Gasteiger partial charge < -0.3 is 14.8 Å². The van der Waals surface area contributed by atoms with E-state index in [0.717, 1.165) is 18.7 Å². The minimum absolute atomic E-state index is 0.0787. The average molecular weight is 153 g/mol. The molecule has 1 unspecified atom stereocenters. The van der Waals surface area contributed by atoms with E-state index < -0.39 is 6.29 Å². The minimum Gasteiger partial charge on any atom is -0.368 e. The average Bonchev–Trinajstić information content (AvgIpc) is 2.41. The van der Waals surface area contributed by atoms with Crippen LogP contribution in [0.4, 0.5) is 0 Å². The third-order valence-corrected chi connectivity index (χ3v) is 2.29. The minimum atomic E-state index is -1.20. The zero-order valence-electron chi connectivity index (χ0n) is 6.14. The molecule has 0 saturated carbocycles. The third-order valence-electron chi connectivity index (χ3n) is 2.29. The van der Waals surface area contributed by atoms with Crippen molar-refractivity contribution in [2.24, 2.45) is 0 Å². The van der Waals surface area contributed by atoms with Crippen molar-refractivity contribution in [1.82, 2.24) is 4.57 Å². The zero-order chi connectivity index (χ0) is 7.84. The Bertz CT molecular complexity index is 254. The summed E-state index contributed by atoms with van der Waals surface area (Å²) in [6.45, 7) is 0.907. The predicted molar refractivity (Wildman–Crippen MR) is 40.0 cm³/mol. The molecule has 2 heterocycles. The van der Waals surface area contributed by atoms with Gasteiger partial charge in [0, 0.05) is 18.4 Å². The number of hydrogen-bond acceptors (Lipinski definition) is 2. The second-order valence-corrected chi connectivity index (χ2v) is 2.94. The predicted octanol–water partition coefficient (Wildman–Crippen LogP) is 0.286. The van der Waals surface area contributed by atoms with E-state index in [1.54, 1.807) is 0 Å². The Hall–Kier alpha value is -0.800. The lowest BCUT2D eigenvalue weighted by Crippen LogP contribution is -2.14. The molecule has 0 saturated heterocycles. The van der Waals surface area contributed by atoms with Crippen molar-refractivity contribution in [2.75, 3.05) is 0 Å². The molecule has 3 nitrogen and oxygen atoms in total. The molecule has 0 bridgehead atoms. The quantitative estimate of drug-likeness (QED) is 0.569. The summed E-state index contributed by atoms with van der Waals surface area (Å²) in [6.07, 6.45) is 1.61. The maximum absolute atomic E-state index is 8.96. The monoisotopic (exact) mass is 153 g/mol. The van der Waals surface area contributed by atoms with Crippen LogP contribution in [0.5, 0.6) is 0 Å². The van der Waals surface area contributed by atoms with Crippen molar-refractivity contribution in [3.8, 4) is 0 Å². The first kappa shape index (κ1) is 6.88. The van der Waals surface area contributed by atoms with Crippen LogP contribution in [0.25, 0.3) is 0 Å². The molecule has 2 rings (SSSR count). The molecule has 1 aliphatic heterocycles. The lowest BCUT2D eigenvalue weighted by molar-refractivity contribution is -0.0598. The van der Waals surface area contributed by atoms with Crippen molar-refractivity contribution in [3.05, 3.63) is 24.0 Å². The highest BCUT2D eigenvalue weighted by Crippen LogP contribution is 2.29. The zero-order valence-corrected chi connectivity index (χ0v) is 6.14. The van der Waals surface area contributed by atoms with E-state index in [-0.39, 0.29) is 5.92 Å². The summed E-state index contributed by atoms with van der Waals surface area (Å²) in [5.74, 6) is -0.0787. The molecule has 1 atom stereocenters. The highest BCUT2D eigenvalue weighted by atomic mass is 16.5. The van der Waals surface area contributed by atoms with Crippen molar-refractivity contribution < 1.29 is 10.2 Å². The molecule has 1 aromatic heterocycles. The number of aromatic nitrogens is 1. The topological polar surface area (TPSA) is 45.4 Å². The summed E-state index contributed by atoms with van der Waals surface area (Å²) in [7, 11) is 0. The Morgan fingerprint density at radius 2 is 2.36 bits per heavy atom. The fourth-order valence-corrected chi connectivity index (χ4v) is 1.70. The van der Waals surface area contributed by atoms with E-state index >= 15 is 0 Å². The van der Waals surface area contributed by atoms with Gasteiger partial charge in [0.1, 0.15) is 0 Å². The van der Waals surface area contributed by atoms with Gasteiger partial charge in [0.2, 0.25) is 0 Å². The van der Waals surface area contributed by atoms with Gasteiger partial charge >= 0.3 is 0 Å². The Kier molecular flexibility index (Phi) is 1.47. The van der Waals surface area contributed by atoms with Crippen LogP contribution in [0.1, 0.15) is 18.0 Å². The SMILES string of the molecule is OC(O)C1CCn2cccc21. The Labute approximate surface area is 64.9 Å². The second-order valence-electron chi connectivity index (χ2n) is 2.94. The van der Waals surface area contributed by atoms with E-state index in [2.05, 4.69) is 4.57 Å². The Morgan fingerprint density at radius 1 is 1.55 bits per heavy atom. The van der Waals surface area contributed by atoms with Crippen LogP contribution >= 0.6 is 0 Å². The fourth-order valence-electron chi connectivity index (χ4n) is 1.70. The van der Waals surface area contributed by atoms with Gasteiger partial charge in [-0.05, 0) is 18.6 Å². The summed E-state index contributed by atoms with van der Waals surface area (Å²) in [4.78, 5) is 0. The molecule has 0 amide bonds. The van der Waals surface area contributed by atoms with Crippen LogP contribution in [-0.4, -0.2) is 21.1 Å². The van der Waals surface area contributed by atoms with Crippen LogP contribution in [0.3, 0.4) is 0 Å². The molecule has 0 aliphatic carbocycles. The standard InChI is InChI=1S/C8H11NO2/c10-8(11)6-3-5-9-4-1-2-7(6)9/h1-2,4,6,8,10-11H,3,5H2. The van der Waals surface area contributed by atoms with Gasteiger partial charge in [0.15, 0.2) is 6.29 Å². The Balaban J connectivity index is 2.31. The van der Waals surface area contributed by atoms with E-state index in [4.69, 9.17) is 10.2 Å². The fraction of sp³-hybridized carbons (Fsp3) is 0.500. The van der Waals surface area contributed by atoms with Crippen molar-refractivity contribution >= 4 is 0 Å². The molecule has 11 heavy (non-hydrogen) atoms. The third kappa shape index (κ3) is 0.968. The normalized spacial score (nSPS) is 22.6. The number of nitrogens with zero attached hydrogens (tertiary/aromatic N) is 1. The van der Waals surface area contributed by atoms with Gasteiger partial charge in [-0.1, -0.05) is 0 Å². The van der Waals surface area contributed by atoms with Crippen LogP contribution < -0.4 is 0 Å². The summed E-state index contributed by atoms with van der Waals surface area (Å²) in [6, 6.07) is 3.88. The first-order valence-corrected chi connectivity index (χ1v) is 3.80. The number of rotatable bonds is 1. The van der Waals surface area contributed by atoms with Crippen molar-refractivity contribution in [3.63, 3.8) is 0 Å². The van der Waals surface area contributed by atoms with Crippen molar-refractivity contribution in [1.29, 1.82) is 0 Å². The number of fused-ring (bicyclic) bond motifs is 1. The van der Waals surface area contributed by atoms with E-state index in [1.165, 1.54) is 0 Å². The van der Waals surface area contributed by atoms with Gasteiger partial charge in [-0.2, -0.15) is 0 Å². The van der Waals surface area contributed by atoms with Gasteiger partial charge in [0.25, 0.3) is 0 Å². The lowest BCUT2D eigenvalue weighted by atomic mass is 10.0. The molecule has 3 heteroatoms. The van der Waals surface area contributed by atoms with Crippen LogP contribution in [-0.2, 0) is 6.54 Å². The smallest absolute Gasteiger partial charge is 0.159 e. The van der Waals surface area contributed by atoms with Crippen molar-refractivity contribution in [2.45, 2.75) is 25.2 Å². The van der Waals surface area contributed by atoms with Crippen LogP contribution in [0.2, 0.25) is 0 Å². The van der Waals surface area contributed by atoms with E-state index in [9.17, 15) is 0 Å². The van der Waals surface area contributed by atoms with Gasteiger partial charge in [-0.3, -0.25) is 0 Å². The lowest BCUT2D eigenvalue weighted by Gasteiger charge is -2.10. The molecule has 0 spiro atoms. The molecule has 0 fully saturated rings. The molecular weight excluding hydrogens is 142 g/mol. The summed E-state index contributed by atoms with van der Waals surface area (Å²) < 4.78 is 2.06. The van der Waals surface area contributed by atoms with Gasteiger partial charge in [0.05, 0.1) is 5.92 Å². The second kappa shape index (κ2) is 2.36. The number of aliphatic hydroxyl groups excluding tert-OH is 1. The Morgan fingerprint density at radius 3 is 3.09 bits per heavy atom. The number of hydrogen-bond donors (Lipinski definition) is 2. The van der Waals surface area contributed by atoms with Gasteiger partial charge in [-0.25, -0.2) is 0 Å². The molecule has 1 aliphatic rings. The van der Waals surface area contributed by atoms with E-state index in [1.807, 2.05) is 18.3 Å². The number of aliphatic hydroxyl groups is 2. The molecule has 0 aromatic carbocycles. The van der Waals surface area contributed by atoms with Gasteiger partial charge in [-0.15, -0.1) is 0 Å². The first-order valence-electron chi connectivity index (χ1n) is 3.80. The largest absolute Gasteiger partial charge is 0.368 e. The first-order chi connectivity index (χ1) is 5.29. The molecule has 60 valence electrons. The summed E-state index contributed by atoms with van der Waals surface area (Å²) in [5.41, 5.74) is 1.04. The number of aryl methyl sites for hydroxylation is 1. The molecule has 0 radical (unpaired) electrons. The summed E-state index contributed by atoms with van der Waals surface area (Å²) >= 11 is 0. The highest BCUT2D eigenvalue weighted by Gasteiger charge is 2.26. The van der Waals surface area contributed by atoms with E-state index in [0.29, 0.717) is 0 Å². The molecule has 1 aromatic rings.